The summed E-state index contributed by atoms with van der Waals surface area (Å²) in [5.74, 6) is -0.233. The molecule has 0 aliphatic carbocycles. The molecule has 3 rings (SSSR count). The maximum absolute atomic E-state index is 13.2. The molecule has 134 valence electrons. The number of benzene rings is 3. The van der Waals surface area contributed by atoms with Crippen LogP contribution >= 0.6 is 0 Å². The van der Waals surface area contributed by atoms with Gasteiger partial charge in [-0.3, -0.25) is 4.90 Å². The Morgan fingerprint density at radius 1 is 0.846 bits per heavy atom. The van der Waals surface area contributed by atoms with Gasteiger partial charge in [-0.1, -0.05) is 66.7 Å². The molecule has 0 radical (unpaired) electrons. The van der Waals surface area contributed by atoms with E-state index in [1.165, 1.54) is 23.3 Å². The topological polar surface area (TPSA) is 23.5 Å². The molecule has 0 saturated heterocycles. The van der Waals surface area contributed by atoms with Crippen LogP contribution < -0.4 is 0 Å². The fraction of sp³-hybridized carbons (Fsp3) is 0.217. The van der Waals surface area contributed by atoms with E-state index >= 15 is 0 Å². The molecular weight excluding hydrogens is 325 g/mol. The van der Waals surface area contributed by atoms with Gasteiger partial charge in [0, 0.05) is 19.6 Å². The van der Waals surface area contributed by atoms with Gasteiger partial charge in [-0.05, 0) is 41.3 Å². The van der Waals surface area contributed by atoms with Gasteiger partial charge in [0.2, 0.25) is 0 Å². The molecule has 3 aromatic carbocycles. The van der Waals surface area contributed by atoms with Crippen LogP contribution in [0.3, 0.4) is 0 Å². The minimum Gasteiger partial charge on any atom is -0.387 e. The number of rotatable bonds is 7. The maximum atomic E-state index is 13.2. The zero-order valence-electron chi connectivity index (χ0n) is 15.0. The summed E-state index contributed by atoms with van der Waals surface area (Å²) in [5, 5.41) is 10.7. The summed E-state index contributed by atoms with van der Waals surface area (Å²) in [6, 6.07) is 24.5. The first-order chi connectivity index (χ1) is 12.6. The highest BCUT2D eigenvalue weighted by Crippen LogP contribution is 2.19. The minimum absolute atomic E-state index is 0.233. The second-order valence-corrected chi connectivity index (χ2v) is 6.65. The SMILES string of the molecule is Cc1ccccc1CN(Cc1ccc(F)cc1)CC(O)c1ccccc1. The molecule has 26 heavy (non-hydrogen) atoms. The Kier molecular flexibility index (Phi) is 6.16. The fourth-order valence-electron chi connectivity index (χ4n) is 3.09. The number of halogens is 1. The van der Waals surface area contributed by atoms with E-state index in [4.69, 9.17) is 0 Å². The van der Waals surface area contributed by atoms with Crippen molar-refractivity contribution in [3.63, 3.8) is 0 Å². The first-order valence-corrected chi connectivity index (χ1v) is 8.86. The molecule has 0 saturated carbocycles. The first-order valence-electron chi connectivity index (χ1n) is 8.86. The van der Waals surface area contributed by atoms with Gasteiger partial charge >= 0.3 is 0 Å². The molecule has 2 nitrogen and oxygen atoms in total. The van der Waals surface area contributed by atoms with Crippen LogP contribution in [0.1, 0.15) is 28.4 Å². The second kappa shape index (κ2) is 8.75. The van der Waals surface area contributed by atoms with E-state index in [2.05, 4.69) is 24.0 Å². The summed E-state index contributed by atoms with van der Waals surface area (Å²) in [6.45, 7) is 3.99. The van der Waals surface area contributed by atoms with Gasteiger partial charge in [0.15, 0.2) is 0 Å². The largest absolute Gasteiger partial charge is 0.387 e. The quantitative estimate of drug-likeness (QED) is 0.658. The minimum atomic E-state index is -0.569. The first kappa shape index (κ1) is 18.3. The molecule has 0 heterocycles. The van der Waals surface area contributed by atoms with Crippen LogP contribution in [-0.4, -0.2) is 16.6 Å². The molecule has 0 spiro atoms. The standard InChI is InChI=1S/C23H24FNO/c1-18-7-5-6-10-21(18)16-25(15-19-11-13-22(24)14-12-19)17-23(26)20-8-3-2-4-9-20/h2-14,23,26H,15-17H2,1H3. The molecule has 1 unspecified atom stereocenters. The van der Waals surface area contributed by atoms with Gasteiger partial charge in [-0.15, -0.1) is 0 Å². The van der Waals surface area contributed by atoms with Gasteiger partial charge < -0.3 is 5.11 Å². The van der Waals surface area contributed by atoms with Crippen molar-refractivity contribution in [3.8, 4) is 0 Å². The molecule has 1 atom stereocenters. The summed E-state index contributed by atoms with van der Waals surface area (Å²) in [7, 11) is 0. The highest BCUT2D eigenvalue weighted by atomic mass is 19.1. The van der Waals surface area contributed by atoms with Crippen molar-refractivity contribution in [1.82, 2.24) is 4.90 Å². The Balaban J connectivity index is 1.78. The molecule has 0 aromatic heterocycles. The lowest BCUT2D eigenvalue weighted by Gasteiger charge is -2.26. The van der Waals surface area contributed by atoms with E-state index in [-0.39, 0.29) is 5.82 Å². The number of hydrogen-bond donors (Lipinski definition) is 1. The monoisotopic (exact) mass is 349 g/mol. The van der Waals surface area contributed by atoms with Crippen LogP contribution in [0.4, 0.5) is 4.39 Å². The van der Waals surface area contributed by atoms with E-state index in [1.54, 1.807) is 12.1 Å². The summed E-state index contributed by atoms with van der Waals surface area (Å²) in [4.78, 5) is 2.20. The van der Waals surface area contributed by atoms with Crippen LogP contribution in [0.25, 0.3) is 0 Å². The third-order valence-corrected chi connectivity index (χ3v) is 4.59. The molecule has 3 heteroatoms. The van der Waals surface area contributed by atoms with E-state index in [1.807, 2.05) is 42.5 Å². The lowest BCUT2D eigenvalue weighted by Crippen LogP contribution is -2.28. The summed E-state index contributed by atoms with van der Waals surface area (Å²) >= 11 is 0. The van der Waals surface area contributed by atoms with Crippen LogP contribution in [0.5, 0.6) is 0 Å². The van der Waals surface area contributed by atoms with E-state index in [0.717, 1.165) is 17.7 Å². The molecule has 3 aromatic rings. The molecule has 0 fully saturated rings. The van der Waals surface area contributed by atoms with Gasteiger partial charge in [0.1, 0.15) is 5.82 Å². The van der Waals surface area contributed by atoms with E-state index < -0.39 is 6.10 Å². The van der Waals surface area contributed by atoms with Crippen molar-refractivity contribution in [2.24, 2.45) is 0 Å². The second-order valence-electron chi connectivity index (χ2n) is 6.65. The van der Waals surface area contributed by atoms with Crippen molar-refractivity contribution in [3.05, 3.63) is 107 Å². The molecule has 0 aliphatic heterocycles. The number of aryl methyl sites for hydroxylation is 1. The van der Waals surface area contributed by atoms with Gasteiger partial charge in [-0.25, -0.2) is 4.39 Å². The van der Waals surface area contributed by atoms with E-state index in [9.17, 15) is 9.50 Å². The lowest BCUT2D eigenvalue weighted by molar-refractivity contribution is 0.105. The van der Waals surface area contributed by atoms with Crippen LogP contribution in [0, 0.1) is 12.7 Å². The predicted octanol–water partition coefficient (Wildman–Crippen LogP) is 4.87. The smallest absolute Gasteiger partial charge is 0.123 e. The Morgan fingerprint density at radius 3 is 2.19 bits per heavy atom. The zero-order valence-corrected chi connectivity index (χ0v) is 15.0. The Labute approximate surface area is 154 Å². The Morgan fingerprint density at radius 2 is 1.50 bits per heavy atom. The van der Waals surface area contributed by atoms with Crippen molar-refractivity contribution in [2.45, 2.75) is 26.1 Å². The Hall–Kier alpha value is -2.49. The molecule has 1 N–H and O–H groups in total. The third kappa shape index (κ3) is 5.01. The molecule has 0 aliphatic rings. The normalized spacial score (nSPS) is 12.3. The Bertz CT molecular complexity index is 817. The van der Waals surface area contributed by atoms with Gasteiger partial charge in [0.05, 0.1) is 6.10 Å². The number of nitrogens with zero attached hydrogens (tertiary/aromatic N) is 1. The molecular formula is C23H24FNO. The molecule has 0 bridgehead atoms. The maximum Gasteiger partial charge on any atom is 0.123 e. The average molecular weight is 349 g/mol. The van der Waals surface area contributed by atoms with Crippen LogP contribution in [-0.2, 0) is 13.1 Å². The van der Waals surface area contributed by atoms with Crippen molar-refractivity contribution < 1.29 is 9.50 Å². The fourth-order valence-corrected chi connectivity index (χ4v) is 3.09. The lowest BCUT2D eigenvalue weighted by atomic mass is 10.1. The van der Waals surface area contributed by atoms with Crippen LogP contribution in [0.2, 0.25) is 0 Å². The van der Waals surface area contributed by atoms with Crippen molar-refractivity contribution in [1.29, 1.82) is 0 Å². The summed E-state index contributed by atoms with van der Waals surface area (Å²) in [5.41, 5.74) is 4.39. The third-order valence-electron chi connectivity index (χ3n) is 4.59. The van der Waals surface area contributed by atoms with Crippen molar-refractivity contribution >= 4 is 0 Å². The molecule has 0 amide bonds. The average Bonchev–Trinajstić information content (AvgIpc) is 2.66. The number of aliphatic hydroxyl groups excluding tert-OH is 1. The number of aliphatic hydroxyl groups is 1. The van der Waals surface area contributed by atoms with Gasteiger partial charge in [-0.2, -0.15) is 0 Å². The highest BCUT2D eigenvalue weighted by molar-refractivity contribution is 5.26. The summed E-state index contributed by atoms with van der Waals surface area (Å²) < 4.78 is 13.2. The van der Waals surface area contributed by atoms with Crippen LogP contribution in [0.15, 0.2) is 78.9 Å². The highest BCUT2D eigenvalue weighted by Gasteiger charge is 2.15. The van der Waals surface area contributed by atoms with Gasteiger partial charge in [0.25, 0.3) is 0 Å². The predicted molar refractivity (Wildman–Crippen MR) is 103 cm³/mol. The van der Waals surface area contributed by atoms with Crippen molar-refractivity contribution in [2.75, 3.05) is 6.54 Å². The summed E-state index contributed by atoms with van der Waals surface area (Å²) in [6.07, 6.45) is -0.569. The number of hydrogen-bond acceptors (Lipinski definition) is 2. The zero-order chi connectivity index (χ0) is 18.4. The van der Waals surface area contributed by atoms with E-state index in [0.29, 0.717) is 13.1 Å².